The zero-order chi connectivity index (χ0) is 30.0. The Morgan fingerprint density at radius 2 is 1.67 bits per heavy atom. The van der Waals surface area contributed by atoms with Gasteiger partial charge in [0.15, 0.2) is 5.13 Å². The van der Waals surface area contributed by atoms with E-state index in [4.69, 9.17) is 14.2 Å². The number of methoxy groups -OCH3 is 2. The number of carbonyl (C=O) groups is 3. The van der Waals surface area contributed by atoms with E-state index in [-0.39, 0.29) is 21.3 Å². The average Bonchev–Trinajstić information content (AvgIpc) is 3.51. The highest BCUT2D eigenvalue weighted by molar-refractivity contribution is 7.17. The number of anilines is 1. The fourth-order valence-electron chi connectivity index (χ4n) is 4.73. The Hall–Kier alpha value is -4.96. The number of hydrogen-bond donors (Lipinski definition) is 1. The summed E-state index contributed by atoms with van der Waals surface area (Å²) >= 11 is 0.939. The molecule has 1 atom stereocenters. The third-order valence-electron chi connectivity index (χ3n) is 6.85. The molecule has 9 nitrogen and oxygen atoms in total. The van der Waals surface area contributed by atoms with E-state index in [9.17, 15) is 19.5 Å². The van der Waals surface area contributed by atoms with Crippen molar-refractivity contribution in [1.82, 2.24) is 4.98 Å². The molecule has 1 aromatic heterocycles. The number of esters is 1. The van der Waals surface area contributed by atoms with Crippen molar-refractivity contribution in [3.8, 4) is 11.5 Å². The van der Waals surface area contributed by atoms with Crippen LogP contribution in [0.5, 0.6) is 11.5 Å². The second kappa shape index (κ2) is 11.9. The molecule has 3 aromatic carbocycles. The van der Waals surface area contributed by atoms with E-state index >= 15 is 0 Å². The number of nitrogens with zero attached hydrogens (tertiary/aromatic N) is 2. The van der Waals surface area contributed by atoms with Crippen LogP contribution in [-0.2, 0) is 20.9 Å². The summed E-state index contributed by atoms with van der Waals surface area (Å²) in [5, 5.41) is 11.6. The molecular weight excluding hydrogens is 556 g/mol. The minimum absolute atomic E-state index is 0.105. The summed E-state index contributed by atoms with van der Waals surface area (Å²) in [6.07, 6.45) is 0. The van der Waals surface area contributed by atoms with Gasteiger partial charge in [-0.3, -0.25) is 14.5 Å². The zero-order valence-electron chi connectivity index (χ0n) is 23.4. The highest BCUT2D eigenvalue weighted by Crippen LogP contribution is 2.44. The minimum Gasteiger partial charge on any atom is -0.507 e. The van der Waals surface area contributed by atoms with Crippen molar-refractivity contribution in [3.05, 3.63) is 111 Å². The van der Waals surface area contributed by atoms with Crippen molar-refractivity contribution < 1.29 is 33.7 Å². The van der Waals surface area contributed by atoms with Crippen molar-refractivity contribution in [2.24, 2.45) is 0 Å². The van der Waals surface area contributed by atoms with Crippen LogP contribution >= 0.6 is 11.3 Å². The number of ether oxygens (including phenoxy) is 3. The quantitative estimate of drug-likeness (QED) is 0.120. The molecule has 1 saturated heterocycles. The largest absolute Gasteiger partial charge is 0.507 e. The smallest absolute Gasteiger partial charge is 0.350 e. The minimum atomic E-state index is -1.01. The van der Waals surface area contributed by atoms with Gasteiger partial charge in [-0.25, -0.2) is 9.78 Å². The molecule has 1 aliphatic rings. The highest BCUT2D eigenvalue weighted by atomic mass is 32.1. The molecule has 1 unspecified atom stereocenters. The summed E-state index contributed by atoms with van der Waals surface area (Å²) in [7, 11) is 2.78. The molecule has 4 aromatic rings. The molecule has 0 spiro atoms. The number of hydrogen-bond acceptors (Lipinski definition) is 9. The lowest BCUT2D eigenvalue weighted by atomic mass is 9.95. The molecule has 2 heterocycles. The fourth-order valence-corrected chi connectivity index (χ4v) is 5.74. The van der Waals surface area contributed by atoms with Gasteiger partial charge in [0, 0.05) is 5.56 Å². The van der Waals surface area contributed by atoms with Crippen LogP contribution in [0.1, 0.15) is 43.7 Å². The first-order chi connectivity index (χ1) is 20.2. The lowest BCUT2D eigenvalue weighted by molar-refractivity contribution is -0.132. The number of carbonyl (C=O) groups excluding carboxylic acids is 3. The average molecular weight is 585 g/mol. The maximum atomic E-state index is 13.5. The first kappa shape index (κ1) is 28.6. The molecule has 1 N–H and O–H groups in total. The van der Waals surface area contributed by atoms with Crippen LogP contribution in [0.3, 0.4) is 0 Å². The van der Waals surface area contributed by atoms with E-state index in [1.165, 1.54) is 19.1 Å². The molecule has 0 bridgehead atoms. The van der Waals surface area contributed by atoms with Gasteiger partial charge in [0.2, 0.25) is 0 Å². The monoisotopic (exact) mass is 584 g/mol. The fraction of sp³-hybridized carbons (Fsp3) is 0.188. The number of aliphatic hydroxyl groups is 1. The van der Waals surface area contributed by atoms with E-state index in [1.54, 1.807) is 55.5 Å². The molecule has 1 aliphatic heterocycles. The Bertz CT molecular complexity index is 1690. The maximum Gasteiger partial charge on any atom is 0.350 e. The SMILES string of the molecule is COC(=O)c1sc(N2C(=O)C(=O)/C(=C(/O)c3ccc(OCc4cccc(C)c4)cc3)C2c2ccc(OC)cc2)nc1C. The second-order valence-electron chi connectivity index (χ2n) is 9.65. The summed E-state index contributed by atoms with van der Waals surface area (Å²) in [6, 6.07) is 20.4. The Kier molecular flexibility index (Phi) is 8.08. The van der Waals surface area contributed by atoms with Crippen molar-refractivity contribution in [3.63, 3.8) is 0 Å². The van der Waals surface area contributed by atoms with Gasteiger partial charge in [-0.05, 0) is 61.4 Å². The van der Waals surface area contributed by atoms with Gasteiger partial charge in [0.1, 0.15) is 28.7 Å². The number of benzene rings is 3. The third-order valence-corrected chi connectivity index (χ3v) is 7.99. The number of ketones is 1. The summed E-state index contributed by atoms with van der Waals surface area (Å²) in [4.78, 5) is 45.0. The second-order valence-corrected chi connectivity index (χ2v) is 10.6. The molecule has 0 aliphatic carbocycles. The normalized spacial score (nSPS) is 16.0. The van der Waals surface area contributed by atoms with E-state index in [2.05, 4.69) is 4.98 Å². The molecule has 5 rings (SSSR count). The van der Waals surface area contributed by atoms with Crippen LogP contribution in [0.25, 0.3) is 5.76 Å². The van der Waals surface area contributed by atoms with Crippen LogP contribution in [0.2, 0.25) is 0 Å². The molecule has 1 fully saturated rings. The van der Waals surface area contributed by atoms with Gasteiger partial charge in [-0.15, -0.1) is 0 Å². The first-order valence-electron chi connectivity index (χ1n) is 13.0. The topological polar surface area (TPSA) is 115 Å². The molecular formula is C32H28N2O7S. The Morgan fingerprint density at radius 3 is 2.31 bits per heavy atom. The first-order valence-corrected chi connectivity index (χ1v) is 13.8. The number of aromatic nitrogens is 1. The van der Waals surface area contributed by atoms with Crippen molar-refractivity contribution >= 4 is 39.9 Å². The summed E-state index contributed by atoms with van der Waals surface area (Å²) in [6.45, 7) is 4.00. The zero-order valence-corrected chi connectivity index (χ0v) is 24.2. The number of aliphatic hydroxyl groups excluding tert-OH is 1. The number of thiazole rings is 1. The van der Waals surface area contributed by atoms with Gasteiger partial charge in [-0.2, -0.15) is 0 Å². The highest BCUT2D eigenvalue weighted by Gasteiger charge is 2.48. The maximum absolute atomic E-state index is 13.5. The van der Waals surface area contributed by atoms with Gasteiger partial charge in [-0.1, -0.05) is 53.3 Å². The van der Waals surface area contributed by atoms with Gasteiger partial charge in [0.25, 0.3) is 5.78 Å². The molecule has 42 heavy (non-hydrogen) atoms. The van der Waals surface area contributed by atoms with Gasteiger partial charge in [0.05, 0.1) is 31.5 Å². The number of amides is 1. The molecule has 214 valence electrons. The van der Waals surface area contributed by atoms with Crippen LogP contribution < -0.4 is 14.4 Å². The van der Waals surface area contributed by atoms with Crippen molar-refractivity contribution in [2.75, 3.05) is 19.1 Å². The van der Waals surface area contributed by atoms with Gasteiger partial charge < -0.3 is 19.3 Å². The van der Waals surface area contributed by atoms with E-state index in [0.29, 0.717) is 34.9 Å². The van der Waals surface area contributed by atoms with E-state index in [0.717, 1.165) is 22.5 Å². The van der Waals surface area contributed by atoms with Gasteiger partial charge >= 0.3 is 11.9 Å². The standard InChI is InChI=1S/C32H28N2O7S/c1-18-6-5-7-20(16-18)17-41-24-14-10-22(11-15-24)27(35)25-26(21-8-12-23(39-3)13-9-21)34(30(37)28(25)36)32-33-19(2)29(42-32)31(38)40-4/h5-16,26,35H,17H2,1-4H3/b27-25+. The molecule has 0 radical (unpaired) electrons. The predicted octanol–water partition coefficient (Wildman–Crippen LogP) is 5.76. The van der Waals surface area contributed by atoms with Crippen LogP contribution in [0.4, 0.5) is 5.13 Å². The van der Waals surface area contributed by atoms with Crippen LogP contribution in [0, 0.1) is 13.8 Å². The third kappa shape index (κ3) is 5.48. The molecule has 10 heteroatoms. The Morgan fingerprint density at radius 1 is 0.976 bits per heavy atom. The molecule has 1 amide bonds. The number of aryl methyl sites for hydroxylation is 2. The lowest BCUT2D eigenvalue weighted by Gasteiger charge is -2.23. The summed E-state index contributed by atoms with van der Waals surface area (Å²) in [5.74, 6) is -1.54. The van der Waals surface area contributed by atoms with Crippen LogP contribution in [0.15, 0.2) is 78.4 Å². The van der Waals surface area contributed by atoms with Crippen molar-refractivity contribution in [2.45, 2.75) is 26.5 Å². The number of Topliss-reactive ketones (excluding diaryl/α,β-unsaturated/α-hetero) is 1. The Labute approximate surface area is 246 Å². The van der Waals surface area contributed by atoms with Crippen LogP contribution in [-0.4, -0.2) is 42.0 Å². The summed E-state index contributed by atoms with van der Waals surface area (Å²) < 4.78 is 16.0. The predicted molar refractivity (Wildman–Crippen MR) is 158 cm³/mol. The lowest BCUT2D eigenvalue weighted by Crippen LogP contribution is -2.29. The van der Waals surface area contributed by atoms with E-state index < -0.39 is 23.7 Å². The van der Waals surface area contributed by atoms with E-state index in [1.807, 2.05) is 31.2 Å². The number of rotatable bonds is 8. The summed E-state index contributed by atoms with van der Waals surface area (Å²) in [5.41, 5.74) is 3.29. The van der Waals surface area contributed by atoms with Crippen molar-refractivity contribution in [1.29, 1.82) is 0 Å². The molecule has 0 saturated carbocycles. The Balaban J connectivity index is 1.53.